The number of nitrogens with one attached hydrogen (secondary N) is 2. The predicted molar refractivity (Wildman–Crippen MR) is 67.8 cm³/mol. The SMILES string of the molecule is Cc1ccc(NCC2CCC(=O)N2)c(C(=O)O)c1. The Balaban J connectivity index is 2.04. The molecular formula is C13H16N2O3. The first-order chi connectivity index (χ1) is 8.56. The highest BCUT2D eigenvalue weighted by Crippen LogP contribution is 2.18. The van der Waals surface area contributed by atoms with Gasteiger partial charge >= 0.3 is 5.97 Å². The summed E-state index contributed by atoms with van der Waals surface area (Å²) in [6.45, 7) is 2.41. The molecule has 1 atom stereocenters. The number of hydrogen-bond donors (Lipinski definition) is 3. The standard InChI is InChI=1S/C13H16N2O3/c1-8-2-4-11(10(6-8)13(17)18)14-7-9-3-5-12(16)15-9/h2,4,6,9,14H,3,5,7H2,1H3,(H,15,16)(H,17,18). The second-order valence-corrected chi connectivity index (χ2v) is 4.54. The van der Waals surface area contributed by atoms with E-state index in [9.17, 15) is 9.59 Å². The first-order valence-corrected chi connectivity index (χ1v) is 5.93. The Bertz CT molecular complexity index is 485. The van der Waals surface area contributed by atoms with Gasteiger partial charge in [-0.3, -0.25) is 4.79 Å². The van der Waals surface area contributed by atoms with Crippen LogP contribution in [0.2, 0.25) is 0 Å². The molecule has 1 aliphatic rings. The van der Waals surface area contributed by atoms with Gasteiger partial charge in [-0.15, -0.1) is 0 Å². The fourth-order valence-corrected chi connectivity index (χ4v) is 2.05. The summed E-state index contributed by atoms with van der Waals surface area (Å²) in [5.41, 5.74) is 1.76. The number of aromatic carboxylic acids is 1. The van der Waals surface area contributed by atoms with Crippen molar-refractivity contribution in [2.45, 2.75) is 25.8 Å². The molecule has 0 radical (unpaired) electrons. The molecule has 0 saturated carbocycles. The van der Waals surface area contributed by atoms with E-state index in [0.717, 1.165) is 12.0 Å². The maximum Gasteiger partial charge on any atom is 0.337 e. The van der Waals surface area contributed by atoms with Gasteiger partial charge in [0.25, 0.3) is 0 Å². The first kappa shape index (κ1) is 12.4. The van der Waals surface area contributed by atoms with Crippen molar-refractivity contribution in [1.29, 1.82) is 0 Å². The number of amides is 1. The quantitative estimate of drug-likeness (QED) is 0.752. The average Bonchev–Trinajstić information content (AvgIpc) is 2.73. The van der Waals surface area contributed by atoms with E-state index < -0.39 is 5.97 Å². The maximum atomic E-state index is 11.1. The van der Waals surface area contributed by atoms with E-state index in [4.69, 9.17) is 5.11 Å². The van der Waals surface area contributed by atoms with E-state index in [-0.39, 0.29) is 17.5 Å². The van der Waals surface area contributed by atoms with Crippen molar-refractivity contribution in [3.05, 3.63) is 29.3 Å². The third kappa shape index (κ3) is 2.80. The van der Waals surface area contributed by atoms with Gasteiger partial charge in [0, 0.05) is 24.7 Å². The van der Waals surface area contributed by atoms with Crippen LogP contribution in [-0.2, 0) is 4.79 Å². The molecule has 1 heterocycles. The Morgan fingerprint density at radius 1 is 1.56 bits per heavy atom. The Hall–Kier alpha value is -2.04. The number of rotatable bonds is 4. The molecule has 5 heteroatoms. The maximum absolute atomic E-state index is 11.1. The van der Waals surface area contributed by atoms with Crippen LogP contribution in [0.1, 0.15) is 28.8 Å². The number of carbonyl (C=O) groups is 2. The van der Waals surface area contributed by atoms with E-state index in [1.54, 1.807) is 12.1 Å². The van der Waals surface area contributed by atoms with Crippen molar-refractivity contribution in [1.82, 2.24) is 5.32 Å². The van der Waals surface area contributed by atoms with Crippen LogP contribution in [0.4, 0.5) is 5.69 Å². The Labute approximate surface area is 105 Å². The fourth-order valence-electron chi connectivity index (χ4n) is 2.05. The van der Waals surface area contributed by atoms with Crippen LogP contribution in [-0.4, -0.2) is 29.6 Å². The third-order valence-electron chi connectivity index (χ3n) is 3.03. The highest BCUT2D eigenvalue weighted by Gasteiger charge is 2.20. The van der Waals surface area contributed by atoms with Gasteiger partial charge < -0.3 is 15.7 Å². The molecule has 3 N–H and O–H groups in total. The van der Waals surface area contributed by atoms with Crippen LogP contribution in [0.15, 0.2) is 18.2 Å². The van der Waals surface area contributed by atoms with Crippen molar-refractivity contribution in [2.24, 2.45) is 0 Å². The average molecular weight is 248 g/mol. The van der Waals surface area contributed by atoms with Gasteiger partial charge in [0.1, 0.15) is 0 Å². The van der Waals surface area contributed by atoms with E-state index in [2.05, 4.69) is 10.6 Å². The molecule has 1 saturated heterocycles. The summed E-state index contributed by atoms with van der Waals surface area (Å²) in [6, 6.07) is 5.34. The number of carboxylic acid groups (broad SMARTS) is 1. The van der Waals surface area contributed by atoms with Crippen molar-refractivity contribution in [3.8, 4) is 0 Å². The van der Waals surface area contributed by atoms with Crippen molar-refractivity contribution in [3.63, 3.8) is 0 Å². The summed E-state index contributed by atoms with van der Waals surface area (Å²) < 4.78 is 0. The zero-order valence-corrected chi connectivity index (χ0v) is 10.2. The topological polar surface area (TPSA) is 78.4 Å². The molecular weight excluding hydrogens is 232 g/mol. The van der Waals surface area contributed by atoms with Gasteiger partial charge in [0.2, 0.25) is 5.91 Å². The Morgan fingerprint density at radius 3 is 2.94 bits per heavy atom. The summed E-state index contributed by atoms with van der Waals surface area (Å²) in [4.78, 5) is 22.2. The Kier molecular flexibility index (Phi) is 3.50. The molecule has 1 fully saturated rings. The van der Waals surface area contributed by atoms with E-state index in [1.165, 1.54) is 0 Å². The number of benzene rings is 1. The summed E-state index contributed by atoms with van der Waals surface area (Å²) in [5, 5.41) is 15.0. The molecule has 0 aromatic heterocycles. The van der Waals surface area contributed by atoms with Crippen LogP contribution in [0.25, 0.3) is 0 Å². The van der Waals surface area contributed by atoms with Crippen LogP contribution in [0.3, 0.4) is 0 Å². The summed E-state index contributed by atoms with van der Waals surface area (Å²) in [7, 11) is 0. The molecule has 1 aromatic rings. The van der Waals surface area contributed by atoms with Gasteiger partial charge in [0.15, 0.2) is 0 Å². The first-order valence-electron chi connectivity index (χ1n) is 5.93. The number of carboxylic acids is 1. The van der Waals surface area contributed by atoms with E-state index in [1.807, 2.05) is 13.0 Å². The van der Waals surface area contributed by atoms with E-state index >= 15 is 0 Å². The van der Waals surface area contributed by atoms with Crippen molar-refractivity contribution in [2.75, 3.05) is 11.9 Å². The zero-order chi connectivity index (χ0) is 13.1. The largest absolute Gasteiger partial charge is 0.478 e. The molecule has 1 unspecified atom stereocenters. The molecule has 5 nitrogen and oxygen atoms in total. The van der Waals surface area contributed by atoms with Crippen molar-refractivity contribution >= 4 is 17.6 Å². The van der Waals surface area contributed by atoms with Crippen LogP contribution >= 0.6 is 0 Å². The molecule has 18 heavy (non-hydrogen) atoms. The molecule has 0 spiro atoms. The van der Waals surface area contributed by atoms with E-state index in [0.29, 0.717) is 18.7 Å². The van der Waals surface area contributed by atoms with Gasteiger partial charge in [-0.25, -0.2) is 4.79 Å². The summed E-state index contributed by atoms with van der Waals surface area (Å²) in [6.07, 6.45) is 1.34. The van der Waals surface area contributed by atoms with Crippen LogP contribution in [0.5, 0.6) is 0 Å². The lowest BCUT2D eigenvalue weighted by Crippen LogP contribution is -2.32. The smallest absolute Gasteiger partial charge is 0.337 e. The summed E-state index contributed by atoms with van der Waals surface area (Å²) in [5.74, 6) is -0.888. The zero-order valence-electron chi connectivity index (χ0n) is 10.2. The van der Waals surface area contributed by atoms with Crippen molar-refractivity contribution < 1.29 is 14.7 Å². The lowest BCUT2D eigenvalue weighted by atomic mass is 10.1. The number of anilines is 1. The molecule has 96 valence electrons. The molecule has 1 aromatic carbocycles. The molecule has 2 rings (SSSR count). The number of hydrogen-bond acceptors (Lipinski definition) is 3. The van der Waals surface area contributed by atoms with Gasteiger partial charge in [0.05, 0.1) is 5.56 Å². The normalized spacial score (nSPS) is 18.5. The monoisotopic (exact) mass is 248 g/mol. The molecule has 1 amide bonds. The molecule has 1 aliphatic heterocycles. The fraction of sp³-hybridized carbons (Fsp3) is 0.385. The van der Waals surface area contributed by atoms with Crippen LogP contribution < -0.4 is 10.6 Å². The minimum absolute atomic E-state index is 0.0594. The minimum atomic E-state index is -0.948. The molecule has 0 bridgehead atoms. The second-order valence-electron chi connectivity index (χ2n) is 4.54. The predicted octanol–water partition coefficient (Wildman–Crippen LogP) is 1.38. The summed E-state index contributed by atoms with van der Waals surface area (Å²) >= 11 is 0. The third-order valence-corrected chi connectivity index (χ3v) is 3.03. The van der Waals surface area contributed by atoms with Gasteiger partial charge in [-0.2, -0.15) is 0 Å². The highest BCUT2D eigenvalue weighted by atomic mass is 16.4. The second kappa shape index (κ2) is 5.08. The Morgan fingerprint density at radius 2 is 2.33 bits per heavy atom. The highest BCUT2D eigenvalue weighted by molar-refractivity contribution is 5.94. The van der Waals surface area contributed by atoms with Gasteiger partial charge in [-0.1, -0.05) is 11.6 Å². The number of carbonyl (C=O) groups excluding carboxylic acids is 1. The lowest BCUT2D eigenvalue weighted by molar-refractivity contribution is -0.119. The number of aryl methyl sites for hydroxylation is 1. The lowest BCUT2D eigenvalue weighted by Gasteiger charge is -2.14. The van der Waals surface area contributed by atoms with Crippen LogP contribution in [0, 0.1) is 6.92 Å². The minimum Gasteiger partial charge on any atom is -0.478 e. The molecule has 0 aliphatic carbocycles. The van der Waals surface area contributed by atoms with Gasteiger partial charge in [-0.05, 0) is 25.5 Å².